The van der Waals surface area contributed by atoms with E-state index in [0.29, 0.717) is 11.9 Å². The summed E-state index contributed by atoms with van der Waals surface area (Å²) >= 11 is 0. The molecular formula is C17H21N3O. The Hall–Kier alpha value is -2.10. The van der Waals surface area contributed by atoms with Crippen molar-refractivity contribution in [3.05, 3.63) is 36.2 Å². The third-order valence-corrected chi connectivity index (χ3v) is 3.39. The van der Waals surface area contributed by atoms with Crippen molar-refractivity contribution in [3.63, 3.8) is 0 Å². The van der Waals surface area contributed by atoms with Gasteiger partial charge in [-0.15, -0.1) is 0 Å². The maximum atomic E-state index is 5.92. The first kappa shape index (κ1) is 13.9. The molecule has 1 aromatic carbocycles. The molecule has 2 aromatic rings. The Kier molecular flexibility index (Phi) is 3.32. The smallest absolute Gasteiger partial charge is 0.136 e. The number of benzene rings is 1. The predicted octanol–water partition coefficient (Wildman–Crippen LogP) is 3.56. The maximum absolute atomic E-state index is 5.92. The molecule has 0 unspecified atom stereocenters. The standard InChI is InChI=1S/C17H21N3O/c1-17(2,3)16-19-14(10-15(18)20-16)11-4-6-12(7-5-11)21-13-8-9-13/h4-7,10,13H,8-9H2,1-3H3,(H2,18,19,20). The van der Waals surface area contributed by atoms with Gasteiger partial charge in [-0.1, -0.05) is 20.8 Å². The largest absolute Gasteiger partial charge is 0.490 e. The third-order valence-electron chi connectivity index (χ3n) is 3.39. The van der Waals surface area contributed by atoms with Crippen LogP contribution in [0.1, 0.15) is 39.4 Å². The number of nitrogens with two attached hydrogens (primary N) is 1. The second-order valence-corrected chi connectivity index (χ2v) is 6.59. The lowest BCUT2D eigenvalue weighted by Gasteiger charge is -2.17. The molecule has 1 heterocycles. The molecule has 0 radical (unpaired) electrons. The summed E-state index contributed by atoms with van der Waals surface area (Å²) in [5, 5.41) is 0. The molecule has 21 heavy (non-hydrogen) atoms. The Morgan fingerprint density at radius 3 is 2.33 bits per heavy atom. The molecule has 0 atom stereocenters. The fourth-order valence-corrected chi connectivity index (χ4v) is 2.03. The van der Waals surface area contributed by atoms with Crippen molar-refractivity contribution in [2.24, 2.45) is 0 Å². The van der Waals surface area contributed by atoms with E-state index in [2.05, 4.69) is 30.7 Å². The van der Waals surface area contributed by atoms with Gasteiger partial charge in [-0.05, 0) is 37.1 Å². The number of hydrogen-bond donors (Lipinski definition) is 1. The molecule has 3 rings (SSSR count). The van der Waals surface area contributed by atoms with Crippen LogP contribution in [0.4, 0.5) is 5.82 Å². The normalized spacial score (nSPS) is 15.0. The number of aromatic nitrogens is 2. The van der Waals surface area contributed by atoms with Crippen molar-refractivity contribution in [1.82, 2.24) is 9.97 Å². The number of ether oxygens (including phenoxy) is 1. The Labute approximate surface area is 125 Å². The van der Waals surface area contributed by atoms with Crippen LogP contribution >= 0.6 is 0 Å². The summed E-state index contributed by atoms with van der Waals surface area (Å²) in [4.78, 5) is 8.98. The minimum Gasteiger partial charge on any atom is -0.490 e. The van der Waals surface area contributed by atoms with Gasteiger partial charge in [0, 0.05) is 17.0 Å². The first-order valence-electron chi connectivity index (χ1n) is 7.34. The number of hydrogen-bond acceptors (Lipinski definition) is 4. The van der Waals surface area contributed by atoms with Crippen LogP contribution in [0, 0.1) is 0 Å². The first-order valence-corrected chi connectivity index (χ1v) is 7.34. The molecule has 0 aliphatic heterocycles. The second-order valence-electron chi connectivity index (χ2n) is 6.59. The van der Waals surface area contributed by atoms with Gasteiger partial charge in [0.15, 0.2) is 0 Å². The highest BCUT2D eigenvalue weighted by Crippen LogP contribution is 2.29. The minimum atomic E-state index is -0.126. The van der Waals surface area contributed by atoms with Crippen LogP contribution < -0.4 is 10.5 Å². The van der Waals surface area contributed by atoms with Crippen molar-refractivity contribution in [2.75, 3.05) is 5.73 Å². The average molecular weight is 283 g/mol. The van der Waals surface area contributed by atoms with E-state index >= 15 is 0 Å². The molecule has 4 nitrogen and oxygen atoms in total. The monoisotopic (exact) mass is 283 g/mol. The lowest BCUT2D eigenvalue weighted by Crippen LogP contribution is -2.17. The van der Waals surface area contributed by atoms with Gasteiger partial charge in [0.25, 0.3) is 0 Å². The second kappa shape index (κ2) is 5.02. The van der Waals surface area contributed by atoms with Gasteiger partial charge in [0.05, 0.1) is 11.8 Å². The Balaban J connectivity index is 1.90. The van der Waals surface area contributed by atoms with Gasteiger partial charge in [-0.2, -0.15) is 0 Å². The predicted molar refractivity (Wildman–Crippen MR) is 84.2 cm³/mol. The van der Waals surface area contributed by atoms with Crippen LogP contribution in [-0.2, 0) is 5.41 Å². The summed E-state index contributed by atoms with van der Waals surface area (Å²) in [6.07, 6.45) is 2.75. The zero-order valence-corrected chi connectivity index (χ0v) is 12.8. The van der Waals surface area contributed by atoms with Crippen LogP contribution in [0.15, 0.2) is 30.3 Å². The van der Waals surface area contributed by atoms with Crippen LogP contribution in [0.25, 0.3) is 11.3 Å². The average Bonchev–Trinajstić information content (AvgIpc) is 3.22. The Morgan fingerprint density at radius 2 is 1.76 bits per heavy atom. The summed E-state index contributed by atoms with van der Waals surface area (Å²) in [6.45, 7) is 6.24. The van der Waals surface area contributed by atoms with Gasteiger partial charge in [-0.25, -0.2) is 9.97 Å². The lowest BCUT2D eigenvalue weighted by molar-refractivity contribution is 0.303. The van der Waals surface area contributed by atoms with Crippen molar-refractivity contribution in [2.45, 2.75) is 45.1 Å². The Bertz CT molecular complexity index is 640. The van der Waals surface area contributed by atoms with E-state index in [4.69, 9.17) is 10.5 Å². The van der Waals surface area contributed by atoms with Gasteiger partial charge < -0.3 is 10.5 Å². The third kappa shape index (κ3) is 3.32. The molecule has 1 aliphatic carbocycles. The molecule has 4 heteroatoms. The van der Waals surface area contributed by atoms with E-state index in [1.54, 1.807) is 0 Å². The lowest BCUT2D eigenvalue weighted by atomic mass is 9.95. The van der Waals surface area contributed by atoms with Gasteiger partial charge in [-0.3, -0.25) is 0 Å². The highest BCUT2D eigenvalue weighted by atomic mass is 16.5. The van der Waals surface area contributed by atoms with Crippen molar-refractivity contribution in [3.8, 4) is 17.0 Å². The highest BCUT2D eigenvalue weighted by molar-refractivity contribution is 5.62. The summed E-state index contributed by atoms with van der Waals surface area (Å²) < 4.78 is 5.76. The molecule has 1 saturated carbocycles. The zero-order chi connectivity index (χ0) is 15.0. The van der Waals surface area contributed by atoms with E-state index in [1.165, 1.54) is 12.8 Å². The van der Waals surface area contributed by atoms with Crippen LogP contribution in [0.2, 0.25) is 0 Å². The van der Waals surface area contributed by atoms with E-state index in [9.17, 15) is 0 Å². The van der Waals surface area contributed by atoms with Crippen molar-refractivity contribution < 1.29 is 4.74 Å². The molecule has 0 spiro atoms. The number of nitrogens with zero attached hydrogens (tertiary/aromatic N) is 2. The van der Waals surface area contributed by atoms with Gasteiger partial charge in [0.2, 0.25) is 0 Å². The fraction of sp³-hybridized carbons (Fsp3) is 0.412. The van der Waals surface area contributed by atoms with Crippen LogP contribution in [0.3, 0.4) is 0 Å². The maximum Gasteiger partial charge on any atom is 0.136 e. The van der Waals surface area contributed by atoms with Gasteiger partial charge in [0.1, 0.15) is 17.4 Å². The van der Waals surface area contributed by atoms with Crippen LogP contribution in [0.5, 0.6) is 5.75 Å². The van der Waals surface area contributed by atoms with Crippen LogP contribution in [-0.4, -0.2) is 16.1 Å². The number of anilines is 1. The molecule has 0 saturated heterocycles. The molecule has 2 N–H and O–H groups in total. The summed E-state index contributed by atoms with van der Waals surface area (Å²) in [7, 11) is 0. The number of nitrogen functional groups attached to an aromatic ring is 1. The topological polar surface area (TPSA) is 61.0 Å². The molecule has 1 aromatic heterocycles. The SMILES string of the molecule is CC(C)(C)c1nc(N)cc(-c2ccc(OC3CC3)cc2)n1. The summed E-state index contributed by atoms with van der Waals surface area (Å²) in [5.74, 6) is 2.18. The zero-order valence-electron chi connectivity index (χ0n) is 12.8. The Morgan fingerprint density at radius 1 is 1.10 bits per heavy atom. The van der Waals surface area contributed by atoms with E-state index in [0.717, 1.165) is 22.8 Å². The van der Waals surface area contributed by atoms with E-state index in [-0.39, 0.29) is 5.41 Å². The van der Waals surface area contributed by atoms with E-state index in [1.807, 2.05) is 30.3 Å². The summed E-state index contributed by atoms with van der Waals surface area (Å²) in [5.41, 5.74) is 7.67. The number of rotatable bonds is 3. The quantitative estimate of drug-likeness (QED) is 0.935. The van der Waals surface area contributed by atoms with Gasteiger partial charge >= 0.3 is 0 Å². The minimum absolute atomic E-state index is 0.126. The molecule has 110 valence electrons. The molecule has 1 aliphatic rings. The molecule has 0 amide bonds. The molecular weight excluding hydrogens is 262 g/mol. The van der Waals surface area contributed by atoms with Crippen molar-refractivity contribution in [1.29, 1.82) is 0 Å². The van der Waals surface area contributed by atoms with Crippen molar-refractivity contribution >= 4 is 5.82 Å². The first-order chi connectivity index (χ1) is 9.91. The van der Waals surface area contributed by atoms with E-state index < -0.39 is 0 Å². The fourth-order valence-electron chi connectivity index (χ4n) is 2.03. The summed E-state index contributed by atoms with van der Waals surface area (Å²) in [6, 6.07) is 9.83. The molecule has 1 fully saturated rings. The molecule has 0 bridgehead atoms. The highest BCUT2D eigenvalue weighted by Gasteiger charge is 2.23.